The molecule has 1 aliphatic heterocycles. The summed E-state index contributed by atoms with van der Waals surface area (Å²) in [6.07, 6.45) is 0.120. The van der Waals surface area contributed by atoms with Crippen molar-refractivity contribution >= 4 is 5.91 Å². The monoisotopic (exact) mass is 230 g/mol. The molecule has 5 nitrogen and oxygen atoms in total. The zero-order valence-corrected chi connectivity index (χ0v) is 10.2. The van der Waals surface area contributed by atoms with Gasteiger partial charge in [-0.15, -0.1) is 0 Å². The molecule has 1 amide bonds. The Morgan fingerprint density at radius 1 is 1.69 bits per heavy atom. The van der Waals surface area contributed by atoms with Gasteiger partial charge in [-0.25, -0.2) is 0 Å². The molecule has 0 radical (unpaired) electrons. The van der Waals surface area contributed by atoms with Gasteiger partial charge >= 0.3 is 0 Å². The highest BCUT2D eigenvalue weighted by molar-refractivity contribution is 5.83. The lowest BCUT2D eigenvalue weighted by Crippen LogP contribution is -2.52. The molecule has 16 heavy (non-hydrogen) atoms. The van der Waals surface area contributed by atoms with Crippen molar-refractivity contribution in [3.05, 3.63) is 0 Å². The third kappa shape index (κ3) is 2.93. The number of ether oxygens (including phenoxy) is 1. The maximum atomic E-state index is 12.0. The number of nitrogens with one attached hydrogen (secondary N) is 1. The standard InChI is InChI=1S/C11H22N2O3/c1-7(4-8(2)14)13-10(15)11(3)6-16-5-9(11)12/h7-9,14H,4-6,12H2,1-3H3,(H,13,15). The summed E-state index contributed by atoms with van der Waals surface area (Å²) in [6.45, 7) is 6.18. The molecule has 4 N–H and O–H groups in total. The lowest BCUT2D eigenvalue weighted by atomic mass is 9.84. The lowest BCUT2D eigenvalue weighted by molar-refractivity contribution is -0.131. The van der Waals surface area contributed by atoms with E-state index < -0.39 is 11.5 Å². The molecule has 5 heteroatoms. The molecule has 0 spiro atoms. The third-order valence-electron chi connectivity index (χ3n) is 3.11. The Hall–Kier alpha value is -0.650. The largest absolute Gasteiger partial charge is 0.393 e. The summed E-state index contributed by atoms with van der Waals surface area (Å²) in [5.41, 5.74) is 5.21. The Kier molecular flexibility index (Phi) is 4.29. The topological polar surface area (TPSA) is 84.6 Å². The molecule has 1 fully saturated rings. The second kappa shape index (κ2) is 5.12. The SMILES string of the molecule is CC(O)CC(C)NC(=O)C1(C)COCC1N. The van der Waals surface area contributed by atoms with Gasteiger partial charge in [-0.05, 0) is 27.2 Å². The second-order valence-corrected chi connectivity index (χ2v) is 5.00. The molecule has 0 aromatic rings. The molecule has 4 unspecified atom stereocenters. The predicted molar refractivity (Wildman–Crippen MR) is 60.8 cm³/mol. The molecule has 1 saturated heterocycles. The van der Waals surface area contributed by atoms with Crippen LogP contribution in [-0.2, 0) is 9.53 Å². The van der Waals surface area contributed by atoms with E-state index in [0.29, 0.717) is 19.6 Å². The molecule has 0 aromatic carbocycles. The summed E-state index contributed by atoms with van der Waals surface area (Å²) in [5, 5.41) is 12.1. The Labute approximate surface area is 96.3 Å². The molecular formula is C11H22N2O3. The third-order valence-corrected chi connectivity index (χ3v) is 3.11. The number of aliphatic hydroxyl groups excluding tert-OH is 1. The number of nitrogens with two attached hydrogens (primary N) is 1. The van der Waals surface area contributed by atoms with Gasteiger partial charge in [0.25, 0.3) is 0 Å². The van der Waals surface area contributed by atoms with Crippen molar-refractivity contribution in [2.75, 3.05) is 13.2 Å². The van der Waals surface area contributed by atoms with Crippen LogP contribution in [0.15, 0.2) is 0 Å². The van der Waals surface area contributed by atoms with Crippen molar-refractivity contribution in [1.29, 1.82) is 0 Å². The van der Waals surface area contributed by atoms with Crippen LogP contribution in [0.3, 0.4) is 0 Å². The maximum absolute atomic E-state index is 12.0. The zero-order valence-electron chi connectivity index (χ0n) is 10.2. The average Bonchev–Trinajstić information content (AvgIpc) is 2.46. The highest BCUT2D eigenvalue weighted by Crippen LogP contribution is 2.27. The molecule has 1 rings (SSSR count). The van der Waals surface area contributed by atoms with Gasteiger partial charge in [0.2, 0.25) is 5.91 Å². The van der Waals surface area contributed by atoms with Gasteiger partial charge in [-0.1, -0.05) is 0 Å². The van der Waals surface area contributed by atoms with Gasteiger partial charge in [0.15, 0.2) is 0 Å². The van der Waals surface area contributed by atoms with Gasteiger partial charge in [-0.2, -0.15) is 0 Å². The molecule has 0 aromatic heterocycles. The van der Waals surface area contributed by atoms with E-state index in [9.17, 15) is 9.90 Å². The summed E-state index contributed by atoms with van der Waals surface area (Å²) >= 11 is 0. The minimum absolute atomic E-state index is 0.0582. The van der Waals surface area contributed by atoms with E-state index in [1.165, 1.54) is 0 Å². The number of hydrogen-bond acceptors (Lipinski definition) is 4. The van der Waals surface area contributed by atoms with Crippen LogP contribution in [0.2, 0.25) is 0 Å². The van der Waals surface area contributed by atoms with E-state index in [2.05, 4.69) is 5.32 Å². The highest BCUT2D eigenvalue weighted by Gasteiger charge is 2.44. The molecule has 0 saturated carbocycles. The normalized spacial score (nSPS) is 33.4. The van der Waals surface area contributed by atoms with Gasteiger partial charge in [-0.3, -0.25) is 4.79 Å². The number of aliphatic hydroxyl groups is 1. The number of rotatable bonds is 4. The molecular weight excluding hydrogens is 208 g/mol. The van der Waals surface area contributed by atoms with Gasteiger partial charge in [0.05, 0.1) is 24.7 Å². The van der Waals surface area contributed by atoms with E-state index in [4.69, 9.17) is 10.5 Å². The van der Waals surface area contributed by atoms with E-state index in [0.717, 1.165) is 0 Å². The Morgan fingerprint density at radius 2 is 2.31 bits per heavy atom. The van der Waals surface area contributed by atoms with Crippen LogP contribution in [0.4, 0.5) is 0 Å². The van der Waals surface area contributed by atoms with Crippen LogP contribution in [0.25, 0.3) is 0 Å². The summed E-state index contributed by atoms with van der Waals surface area (Å²) in [5.74, 6) is -0.0920. The number of amides is 1. The first-order valence-corrected chi connectivity index (χ1v) is 5.68. The van der Waals surface area contributed by atoms with Gasteiger partial charge < -0.3 is 20.9 Å². The van der Waals surface area contributed by atoms with Crippen LogP contribution < -0.4 is 11.1 Å². The fourth-order valence-corrected chi connectivity index (χ4v) is 1.88. The summed E-state index contributed by atoms with van der Waals surface area (Å²) < 4.78 is 5.22. The van der Waals surface area contributed by atoms with Crippen molar-refractivity contribution in [2.45, 2.75) is 45.4 Å². The Bertz CT molecular complexity index is 258. The summed E-state index contributed by atoms with van der Waals surface area (Å²) in [7, 11) is 0. The Balaban J connectivity index is 2.51. The molecule has 1 heterocycles. The van der Waals surface area contributed by atoms with Crippen LogP contribution in [0.1, 0.15) is 27.2 Å². The van der Waals surface area contributed by atoms with Crippen molar-refractivity contribution in [2.24, 2.45) is 11.1 Å². The van der Waals surface area contributed by atoms with Crippen molar-refractivity contribution in [3.8, 4) is 0 Å². The maximum Gasteiger partial charge on any atom is 0.230 e. The van der Waals surface area contributed by atoms with Crippen molar-refractivity contribution < 1.29 is 14.6 Å². The summed E-state index contributed by atoms with van der Waals surface area (Å²) in [6, 6.07) is -0.316. The first-order chi connectivity index (χ1) is 7.36. The number of hydrogen-bond donors (Lipinski definition) is 3. The van der Waals surface area contributed by atoms with Gasteiger partial charge in [0.1, 0.15) is 0 Å². The molecule has 1 aliphatic rings. The van der Waals surface area contributed by atoms with E-state index in [1.807, 2.05) is 13.8 Å². The van der Waals surface area contributed by atoms with Crippen LogP contribution >= 0.6 is 0 Å². The Morgan fingerprint density at radius 3 is 2.75 bits per heavy atom. The lowest BCUT2D eigenvalue weighted by Gasteiger charge is -2.27. The predicted octanol–water partition coefficient (Wildman–Crippen LogP) is -0.374. The molecule has 0 bridgehead atoms. The van der Waals surface area contributed by atoms with Crippen LogP contribution in [0.5, 0.6) is 0 Å². The smallest absolute Gasteiger partial charge is 0.230 e. The van der Waals surface area contributed by atoms with Crippen molar-refractivity contribution in [3.63, 3.8) is 0 Å². The van der Waals surface area contributed by atoms with Crippen molar-refractivity contribution in [1.82, 2.24) is 5.32 Å². The van der Waals surface area contributed by atoms with E-state index >= 15 is 0 Å². The zero-order chi connectivity index (χ0) is 12.3. The summed E-state index contributed by atoms with van der Waals surface area (Å²) in [4.78, 5) is 12.0. The minimum atomic E-state index is -0.646. The second-order valence-electron chi connectivity index (χ2n) is 5.00. The number of carbonyl (C=O) groups excluding carboxylic acids is 1. The molecule has 4 atom stereocenters. The number of carbonyl (C=O) groups is 1. The minimum Gasteiger partial charge on any atom is -0.393 e. The van der Waals surface area contributed by atoms with Crippen LogP contribution in [-0.4, -0.2) is 42.4 Å². The van der Waals surface area contributed by atoms with Gasteiger partial charge in [0, 0.05) is 12.1 Å². The highest BCUT2D eigenvalue weighted by atomic mass is 16.5. The first kappa shape index (κ1) is 13.4. The van der Waals surface area contributed by atoms with E-state index in [-0.39, 0.29) is 18.0 Å². The quantitative estimate of drug-likeness (QED) is 0.615. The average molecular weight is 230 g/mol. The first-order valence-electron chi connectivity index (χ1n) is 5.68. The fourth-order valence-electron chi connectivity index (χ4n) is 1.88. The molecule has 94 valence electrons. The van der Waals surface area contributed by atoms with E-state index in [1.54, 1.807) is 6.92 Å². The molecule has 0 aliphatic carbocycles. The fraction of sp³-hybridized carbons (Fsp3) is 0.909. The van der Waals surface area contributed by atoms with Crippen LogP contribution in [0, 0.1) is 5.41 Å².